The van der Waals surface area contributed by atoms with Gasteiger partial charge in [-0.3, -0.25) is 4.79 Å². The Labute approximate surface area is 189 Å². The lowest BCUT2D eigenvalue weighted by molar-refractivity contribution is -0.154. The maximum atomic E-state index is 14.9. The van der Waals surface area contributed by atoms with Crippen molar-refractivity contribution >= 4 is 11.6 Å². The number of rotatable bonds is 8. The van der Waals surface area contributed by atoms with Crippen molar-refractivity contribution in [3.05, 3.63) is 29.7 Å². The highest BCUT2D eigenvalue weighted by molar-refractivity contribution is 5.82. The summed E-state index contributed by atoms with van der Waals surface area (Å²) in [5.74, 6) is -9.73. The van der Waals surface area contributed by atoms with Gasteiger partial charge in [-0.25, -0.2) is 18.3 Å². The summed E-state index contributed by atoms with van der Waals surface area (Å²) >= 11 is 0. The molecule has 6 nitrogen and oxygen atoms in total. The molecule has 2 heterocycles. The second-order valence-electron chi connectivity index (χ2n) is 10.2. The number of hydrogen-bond acceptors (Lipinski definition) is 4. The number of carbonyl (C=O) groups excluding carboxylic acids is 1. The Balaban J connectivity index is 1.43. The van der Waals surface area contributed by atoms with Gasteiger partial charge in [0.05, 0.1) is 24.1 Å². The van der Waals surface area contributed by atoms with Crippen molar-refractivity contribution in [3.8, 4) is 0 Å². The number of halogens is 4. The topological polar surface area (TPSA) is 99.3 Å². The third-order valence-corrected chi connectivity index (χ3v) is 7.75. The molecule has 0 aliphatic heterocycles. The molecule has 180 valence electrons. The minimum Gasteiger partial charge on any atom is -0.364 e. The molecule has 0 radical (unpaired) electrons. The van der Waals surface area contributed by atoms with E-state index in [1.54, 1.807) is 23.0 Å². The van der Waals surface area contributed by atoms with Gasteiger partial charge in [0.2, 0.25) is 5.92 Å². The average Bonchev–Trinajstić information content (AvgIpc) is 3.68. The zero-order chi connectivity index (χ0) is 23.5. The Morgan fingerprint density at radius 1 is 1.09 bits per heavy atom. The summed E-state index contributed by atoms with van der Waals surface area (Å²) in [7, 11) is 0. The van der Waals surface area contributed by atoms with Crippen molar-refractivity contribution < 1.29 is 22.4 Å². The lowest BCUT2D eigenvalue weighted by atomic mass is 9.76. The van der Waals surface area contributed by atoms with Crippen molar-refractivity contribution in [1.29, 1.82) is 0 Å². The van der Waals surface area contributed by atoms with Crippen LogP contribution in [-0.2, 0) is 4.79 Å². The Kier molecular flexibility index (Phi) is 5.42. The number of nitrogens with zero attached hydrogens (tertiary/aromatic N) is 3. The number of aromatic nitrogens is 3. The molecule has 2 aromatic heterocycles. The monoisotopic (exact) mass is 467 g/mol. The molecule has 0 saturated heterocycles. The highest BCUT2D eigenvalue weighted by atomic mass is 19.3. The Morgan fingerprint density at radius 2 is 1.73 bits per heavy atom. The first-order chi connectivity index (χ1) is 15.6. The van der Waals surface area contributed by atoms with Crippen LogP contribution in [0.25, 0.3) is 5.65 Å². The third kappa shape index (κ3) is 4.34. The predicted molar refractivity (Wildman–Crippen MR) is 113 cm³/mol. The number of nitrogens with two attached hydrogens (primary N) is 2. The van der Waals surface area contributed by atoms with Gasteiger partial charge in [0.15, 0.2) is 5.65 Å². The molecule has 3 fully saturated rings. The van der Waals surface area contributed by atoms with Crippen LogP contribution >= 0.6 is 0 Å². The molecular weight excluding hydrogens is 438 g/mol. The second kappa shape index (κ2) is 7.92. The van der Waals surface area contributed by atoms with Crippen LogP contribution in [0.15, 0.2) is 18.5 Å². The van der Waals surface area contributed by atoms with Crippen molar-refractivity contribution in [1.82, 2.24) is 14.6 Å². The number of primary amides is 1. The second-order valence-corrected chi connectivity index (χ2v) is 10.2. The summed E-state index contributed by atoms with van der Waals surface area (Å²) in [5.41, 5.74) is 13.1. The maximum absolute atomic E-state index is 14.9. The van der Waals surface area contributed by atoms with Gasteiger partial charge in [-0.2, -0.15) is 13.9 Å². The normalized spacial score (nSPS) is 24.5. The van der Waals surface area contributed by atoms with E-state index in [1.807, 2.05) is 0 Å². The highest BCUT2D eigenvalue weighted by Gasteiger charge is 2.58. The molecule has 1 unspecified atom stereocenters. The molecule has 3 atom stereocenters. The molecule has 0 spiro atoms. The van der Waals surface area contributed by atoms with Crippen LogP contribution < -0.4 is 11.5 Å². The molecule has 1 amide bonds. The Hall–Kier alpha value is -2.23. The summed E-state index contributed by atoms with van der Waals surface area (Å²) in [6.45, 7) is 0. The molecular formula is C23H29F4N5O. The first-order valence-corrected chi connectivity index (χ1v) is 11.7. The van der Waals surface area contributed by atoms with Crippen molar-refractivity contribution in [3.63, 3.8) is 0 Å². The number of fused-ring (bicyclic) bond motifs is 1. The van der Waals surface area contributed by atoms with Crippen LogP contribution in [0.1, 0.15) is 74.6 Å². The fourth-order valence-corrected chi connectivity index (χ4v) is 5.58. The van der Waals surface area contributed by atoms with Crippen molar-refractivity contribution in [2.75, 3.05) is 0 Å². The first-order valence-electron chi connectivity index (χ1n) is 11.7. The molecule has 10 heteroatoms. The number of carbonyl (C=O) groups is 1. The van der Waals surface area contributed by atoms with Gasteiger partial charge in [-0.1, -0.05) is 0 Å². The molecule has 3 saturated carbocycles. The number of amides is 1. The summed E-state index contributed by atoms with van der Waals surface area (Å²) in [6, 6.07) is 1.25. The number of hydrogen-bond donors (Lipinski definition) is 2. The van der Waals surface area contributed by atoms with Crippen LogP contribution in [0.5, 0.6) is 0 Å². The Bertz CT molecular complexity index is 1040. The quantitative estimate of drug-likeness (QED) is 0.569. The van der Waals surface area contributed by atoms with Crippen LogP contribution in [0.3, 0.4) is 0 Å². The molecule has 5 rings (SSSR count). The SMILES string of the molecule is NC(=O)C(F)(F)C(C1CC1)[C@H](c1cnn2cc([C@@H](N)C3CCC(F)(F)CC3)nc2c1)C1CC1. The largest absolute Gasteiger partial charge is 0.364 e. The number of imidazole rings is 1. The lowest BCUT2D eigenvalue weighted by Gasteiger charge is -2.32. The van der Waals surface area contributed by atoms with E-state index >= 15 is 0 Å². The smallest absolute Gasteiger partial charge is 0.327 e. The van der Waals surface area contributed by atoms with Gasteiger partial charge >= 0.3 is 5.92 Å². The molecule has 3 aliphatic carbocycles. The van der Waals surface area contributed by atoms with Gasteiger partial charge in [0.1, 0.15) is 0 Å². The molecule has 33 heavy (non-hydrogen) atoms. The predicted octanol–water partition coefficient (Wildman–Crippen LogP) is 4.20. The maximum Gasteiger partial charge on any atom is 0.327 e. The minimum absolute atomic E-state index is 0.0608. The van der Waals surface area contributed by atoms with Crippen LogP contribution in [0.4, 0.5) is 17.6 Å². The zero-order valence-corrected chi connectivity index (χ0v) is 18.3. The van der Waals surface area contributed by atoms with Crippen LogP contribution in [0.2, 0.25) is 0 Å². The van der Waals surface area contributed by atoms with Gasteiger partial charge < -0.3 is 11.5 Å². The van der Waals surface area contributed by atoms with Crippen molar-refractivity contribution in [2.24, 2.45) is 35.1 Å². The molecule has 0 aromatic carbocycles. The van der Waals surface area contributed by atoms with Gasteiger partial charge in [-0.05, 0) is 73.8 Å². The standard InChI is InChI=1S/C23H29F4N5O/c24-22(25)7-5-14(6-8-22)20(28)16-11-32-17(31-16)9-15(10-30-32)18(12-1-2-12)19(13-3-4-13)23(26,27)21(29)33/h9-14,18-20H,1-8,28H2,(H2,29,33)/t18-,19?,20-/m0/s1. The average molecular weight is 468 g/mol. The molecule has 3 aliphatic rings. The van der Waals surface area contributed by atoms with Crippen LogP contribution in [-0.4, -0.2) is 32.4 Å². The fraction of sp³-hybridized carbons (Fsp3) is 0.696. The van der Waals surface area contributed by atoms with E-state index in [4.69, 9.17) is 11.5 Å². The van der Waals surface area contributed by atoms with E-state index in [0.717, 1.165) is 12.8 Å². The molecule has 2 aromatic rings. The Morgan fingerprint density at radius 3 is 2.30 bits per heavy atom. The van der Waals surface area contributed by atoms with E-state index in [1.165, 1.54) is 0 Å². The van der Waals surface area contributed by atoms with E-state index in [0.29, 0.717) is 42.6 Å². The van der Waals surface area contributed by atoms with Gasteiger partial charge in [-0.15, -0.1) is 0 Å². The zero-order valence-electron chi connectivity index (χ0n) is 18.3. The fourth-order valence-electron chi connectivity index (χ4n) is 5.58. The molecule has 4 N–H and O–H groups in total. The van der Waals surface area contributed by atoms with E-state index in [2.05, 4.69) is 10.1 Å². The first kappa shape index (κ1) is 22.6. The lowest BCUT2D eigenvalue weighted by Crippen LogP contribution is -2.46. The summed E-state index contributed by atoms with van der Waals surface area (Å²) in [5, 5.41) is 4.39. The summed E-state index contributed by atoms with van der Waals surface area (Å²) in [4.78, 5) is 16.2. The van der Waals surface area contributed by atoms with Gasteiger partial charge in [0, 0.05) is 18.8 Å². The van der Waals surface area contributed by atoms with E-state index < -0.39 is 35.6 Å². The van der Waals surface area contributed by atoms with Crippen LogP contribution in [0, 0.1) is 23.7 Å². The summed E-state index contributed by atoms with van der Waals surface area (Å²) in [6.07, 6.45) is 6.52. The highest BCUT2D eigenvalue weighted by Crippen LogP contribution is 2.57. The van der Waals surface area contributed by atoms with E-state index in [9.17, 15) is 22.4 Å². The van der Waals surface area contributed by atoms with Gasteiger partial charge in [0.25, 0.3) is 5.91 Å². The van der Waals surface area contributed by atoms with E-state index in [-0.39, 0.29) is 30.6 Å². The molecule has 0 bridgehead atoms. The number of alkyl halides is 4. The summed E-state index contributed by atoms with van der Waals surface area (Å²) < 4.78 is 58.4. The minimum atomic E-state index is -3.59. The third-order valence-electron chi connectivity index (χ3n) is 7.75. The van der Waals surface area contributed by atoms with Crippen molar-refractivity contribution in [2.45, 2.75) is 75.2 Å².